The van der Waals surface area contributed by atoms with Crippen LogP contribution in [-0.4, -0.2) is 26.9 Å². The van der Waals surface area contributed by atoms with Crippen LogP contribution >= 0.6 is 11.6 Å². The van der Waals surface area contributed by atoms with Crippen molar-refractivity contribution in [3.63, 3.8) is 0 Å². The number of hydrogen-bond donors (Lipinski definition) is 1. The quantitative estimate of drug-likeness (QED) is 0.736. The molecule has 0 bridgehead atoms. The largest absolute Gasteiger partial charge is 0.491 e. The lowest BCUT2D eigenvalue weighted by Gasteiger charge is -2.13. The van der Waals surface area contributed by atoms with Gasteiger partial charge >= 0.3 is 0 Å². The van der Waals surface area contributed by atoms with Gasteiger partial charge in [0.2, 0.25) is 0 Å². The van der Waals surface area contributed by atoms with Gasteiger partial charge in [-0.1, -0.05) is 23.7 Å². The number of halogens is 1. The molecule has 100 valence electrons. The molecular weight excluding hydrogens is 250 g/mol. The van der Waals surface area contributed by atoms with Gasteiger partial charge in [0.15, 0.2) is 0 Å². The summed E-state index contributed by atoms with van der Waals surface area (Å²) in [5, 5.41) is 4.01. The molecule has 1 aliphatic rings. The molecule has 2 rings (SSSR count). The molecule has 1 saturated carbocycles. The maximum Gasteiger partial charge on any atom is 0.142 e. The molecule has 0 radical (unpaired) electrons. The van der Waals surface area contributed by atoms with E-state index in [0.717, 1.165) is 36.9 Å². The monoisotopic (exact) mass is 269 g/mol. The number of benzene rings is 1. The second-order valence-electron chi connectivity index (χ2n) is 4.65. The summed E-state index contributed by atoms with van der Waals surface area (Å²) in [5.41, 5.74) is 1.11. The molecule has 1 N–H and O–H groups in total. The molecule has 0 aromatic heterocycles. The van der Waals surface area contributed by atoms with Crippen LogP contribution in [0.3, 0.4) is 0 Å². The Bertz CT molecular complexity index is 380. The minimum Gasteiger partial charge on any atom is -0.491 e. The van der Waals surface area contributed by atoms with E-state index in [0.29, 0.717) is 11.6 Å². The zero-order valence-corrected chi connectivity index (χ0v) is 11.5. The molecule has 1 aliphatic carbocycles. The highest BCUT2D eigenvalue weighted by molar-refractivity contribution is 6.32. The highest BCUT2D eigenvalue weighted by atomic mass is 35.5. The third kappa shape index (κ3) is 4.16. The highest BCUT2D eigenvalue weighted by Crippen LogP contribution is 2.33. The predicted molar refractivity (Wildman–Crippen MR) is 73.3 cm³/mol. The van der Waals surface area contributed by atoms with Gasteiger partial charge in [0.25, 0.3) is 0 Å². The summed E-state index contributed by atoms with van der Waals surface area (Å²) in [7, 11) is 1.70. The molecule has 0 aliphatic heterocycles. The van der Waals surface area contributed by atoms with E-state index in [1.54, 1.807) is 7.11 Å². The first-order chi connectivity index (χ1) is 8.81. The lowest BCUT2D eigenvalue weighted by molar-refractivity contribution is 0.199. The summed E-state index contributed by atoms with van der Waals surface area (Å²) in [6.45, 7) is 3.07. The molecule has 0 unspecified atom stereocenters. The van der Waals surface area contributed by atoms with E-state index in [-0.39, 0.29) is 0 Å². The first-order valence-corrected chi connectivity index (χ1v) is 6.79. The van der Waals surface area contributed by atoms with Crippen LogP contribution in [-0.2, 0) is 11.3 Å². The van der Waals surface area contributed by atoms with E-state index in [1.165, 1.54) is 12.8 Å². The van der Waals surface area contributed by atoms with Crippen molar-refractivity contribution in [3.8, 4) is 5.75 Å². The third-order valence-corrected chi connectivity index (χ3v) is 3.30. The van der Waals surface area contributed by atoms with Crippen LogP contribution in [0.1, 0.15) is 18.4 Å². The number of ether oxygens (including phenoxy) is 2. The molecule has 3 nitrogen and oxygen atoms in total. The summed E-state index contributed by atoms with van der Waals surface area (Å²) >= 11 is 6.20. The molecule has 18 heavy (non-hydrogen) atoms. The third-order valence-electron chi connectivity index (χ3n) is 3.01. The predicted octanol–water partition coefficient (Wildman–Crippen LogP) is 2.86. The van der Waals surface area contributed by atoms with E-state index in [4.69, 9.17) is 21.1 Å². The van der Waals surface area contributed by atoms with Gasteiger partial charge in [-0.3, -0.25) is 0 Å². The Morgan fingerprint density at radius 1 is 1.39 bits per heavy atom. The fourth-order valence-corrected chi connectivity index (χ4v) is 1.99. The Morgan fingerprint density at radius 2 is 2.22 bits per heavy atom. The Morgan fingerprint density at radius 3 is 2.94 bits per heavy atom. The van der Waals surface area contributed by atoms with E-state index < -0.39 is 0 Å². The molecule has 0 amide bonds. The summed E-state index contributed by atoms with van der Waals surface area (Å²) in [5.74, 6) is 1.56. The Balaban J connectivity index is 1.91. The number of nitrogens with one attached hydrogen (secondary N) is 1. The van der Waals surface area contributed by atoms with Crippen LogP contribution < -0.4 is 10.1 Å². The van der Waals surface area contributed by atoms with Gasteiger partial charge in [0.05, 0.1) is 18.2 Å². The Kier molecular flexibility index (Phi) is 5.29. The molecule has 0 spiro atoms. The molecule has 0 saturated heterocycles. The average Bonchev–Trinajstić information content (AvgIpc) is 3.18. The number of rotatable bonds is 8. The summed E-state index contributed by atoms with van der Waals surface area (Å²) in [6, 6.07) is 5.88. The molecule has 4 heteroatoms. The van der Waals surface area contributed by atoms with Crippen molar-refractivity contribution in [2.24, 2.45) is 5.92 Å². The highest BCUT2D eigenvalue weighted by Gasteiger charge is 2.22. The van der Waals surface area contributed by atoms with Crippen LogP contribution in [0.15, 0.2) is 18.2 Å². The van der Waals surface area contributed by atoms with E-state index >= 15 is 0 Å². The van der Waals surface area contributed by atoms with Crippen molar-refractivity contribution in [2.75, 3.05) is 26.9 Å². The molecule has 0 heterocycles. The summed E-state index contributed by atoms with van der Waals surface area (Å²) < 4.78 is 10.8. The zero-order valence-electron chi connectivity index (χ0n) is 10.7. The first kappa shape index (κ1) is 13.7. The lowest BCUT2D eigenvalue weighted by Crippen LogP contribution is -2.19. The summed E-state index contributed by atoms with van der Waals surface area (Å²) in [4.78, 5) is 0. The molecule has 0 atom stereocenters. The van der Waals surface area contributed by atoms with Crippen LogP contribution in [0.4, 0.5) is 0 Å². The maximum atomic E-state index is 6.20. The minimum atomic E-state index is 0.696. The van der Waals surface area contributed by atoms with Crippen molar-refractivity contribution in [3.05, 3.63) is 28.8 Å². The van der Waals surface area contributed by atoms with Crippen molar-refractivity contribution in [2.45, 2.75) is 19.4 Å². The average molecular weight is 270 g/mol. The zero-order chi connectivity index (χ0) is 12.8. The van der Waals surface area contributed by atoms with E-state index in [2.05, 4.69) is 5.32 Å². The van der Waals surface area contributed by atoms with Gasteiger partial charge in [0, 0.05) is 25.8 Å². The lowest BCUT2D eigenvalue weighted by atomic mass is 10.2. The van der Waals surface area contributed by atoms with Crippen LogP contribution in [0.25, 0.3) is 0 Å². The van der Waals surface area contributed by atoms with Crippen LogP contribution in [0.2, 0.25) is 5.02 Å². The van der Waals surface area contributed by atoms with Gasteiger partial charge in [0.1, 0.15) is 5.75 Å². The van der Waals surface area contributed by atoms with Crippen LogP contribution in [0.5, 0.6) is 5.75 Å². The van der Waals surface area contributed by atoms with Crippen LogP contribution in [0, 0.1) is 5.92 Å². The topological polar surface area (TPSA) is 30.5 Å². The Labute approximate surface area is 113 Å². The number of hydrogen-bond acceptors (Lipinski definition) is 3. The molecule has 1 fully saturated rings. The van der Waals surface area contributed by atoms with E-state index in [1.807, 2.05) is 18.2 Å². The maximum absolute atomic E-state index is 6.20. The first-order valence-electron chi connectivity index (χ1n) is 6.41. The molecule has 1 aromatic rings. The molecular formula is C14H20ClNO2. The second-order valence-corrected chi connectivity index (χ2v) is 5.06. The van der Waals surface area contributed by atoms with Gasteiger partial charge < -0.3 is 14.8 Å². The standard InChI is InChI=1S/C14H20ClNO2/c1-17-8-7-16-9-12-3-2-4-13(15)14(12)18-10-11-5-6-11/h2-4,11,16H,5-10H2,1H3. The summed E-state index contributed by atoms with van der Waals surface area (Å²) in [6.07, 6.45) is 2.57. The fourth-order valence-electron chi connectivity index (χ4n) is 1.74. The molecule has 1 aromatic carbocycles. The van der Waals surface area contributed by atoms with Crippen molar-refractivity contribution < 1.29 is 9.47 Å². The SMILES string of the molecule is COCCNCc1cccc(Cl)c1OCC1CC1. The van der Waals surface area contributed by atoms with Gasteiger partial charge in [-0.15, -0.1) is 0 Å². The van der Waals surface area contributed by atoms with Gasteiger partial charge in [-0.25, -0.2) is 0 Å². The van der Waals surface area contributed by atoms with Crippen molar-refractivity contribution >= 4 is 11.6 Å². The van der Waals surface area contributed by atoms with Crippen molar-refractivity contribution in [1.29, 1.82) is 0 Å². The smallest absolute Gasteiger partial charge is 0.142 e. The van der Waals surface area contributed by atoms with Gasteiger partial charge in [-0.2, -0.15) is 0 Å². The number of methoxy groups -OCH3 is 1. The van der Waals surface area contributed by atoms with Crippen molar-refractivity contribution in [1.82, 2.24) is 5.32 Å². The minimum absolute atomic E-state index is 0.696. The fraction of sp³-hybridized carbons (Fsp3) is 0.571. The van der Waals surface area contributed by atoms with E-state index in [9.17, 15) is 0 Å². The normalized spacial score (nSPS) is 14.8. The second kappa shape index (κ2) is 6.98. The van der Waals surface area contributed by atoms with Gasteiger partial charge in [-0.05, 0) is 24.8 Å². The Hall–Kier alpha value is -0.770. The number of para-hydroxylation sites is 1.